The summed E-state index contributed by atoms with van der Waals surface area (Å²) >= 11 is 6.53. The average Bonchev–Trinajstić information content (AvgIpc) is 2.62. The van der Waals surface area contributed by atoms with Gasteiger partial charge in [-0.2, -0.15) is 0 Å². The summed E-state index contributed by atoms with van der Waals surface area (Å²) in [5, 5.41) is 0. The van der Waals surface area contributed by atoms with Gasteiger partial charge in [-0.25, -0.2) is 18.1 Å². The highest BCUT2D eigenvalue weighted by Crippen LogP contribution is 2.22. The third-order valence-corrected chi connectivity index (χ3v) is 5.04. The van der Waals surface area contributed by atoms with Crippen molar-refractivity contribution in [3.05, 3.63) is 10.7 Å². The van der Waals surface area contributed by atoms with Gasteiger partial charge in [0.25, 0.3) is 10.0 Å². The highest BCUT2D eigenvalue weighted by Gasteiger charge is 2.17. The van der Waals surface area contributed by atoms with E-state index in [0.717, 1.165) is 17.8 Å². The minimum Gasteiger partial charge on any atom is -0.232 e. The first-order valence-corrected chi connectivity index (χ1v) is 7.24. The molecule has 0 aromatic carbocycles. The van der Waals surface area contributed by atoms with Gasteiger partial charge in [-0.1, -0.05) is 43.2 Å². The van der Waals surface area contributed by atoms with Crippen LogP contribution in [-0.4, -0.2) is 19.9 Å². The fourth-order valence-corrected chi connectivity index (χ4v) is 3.33. The number of hydrogen-bond donors (Lipinski definition) is 1. The largest absolute Gasteiger partial charge is 0.251 e. The number of thiazole rings is 1. The molecule has 0 aliphatic carbocycles. The van der Waals surface area contributed by atoms with Crippen LogP contribution in [0.2, 0.25) is 4.47 Å². The molecule has 0 bridgehead atoms. The van der Waals surface area contributed by atoms with Crippen molar-refractivity contribution >= 4 is 33.0 Å². The number of aromatic nitrogens is 1. The number of hydrogen-bond acceptors (Lipinski definition) is 4. The molecule has 4 nitrogen and oxygen atoms in total. The highest BCUT2D eigenvalue weighted by atomic mass is 35.5. The molecule has 0 saturated carbocycles. The van der Waals surface area contributed by atoms with E-state index in [1.54, 1.807) is 0 Å². The monoisotopic (exact) mass is 268 g/mol. The summed E-state index contributed by atoms with van der Waals surface area (Å²) in [4.78, 5) is 3.69. The third-order valence-electron chi connectivity index (χ3n) is 2.04. The Kier molecular flexibility index (Phi) is 4.51. The molecule has 1 unspecified atom stereocenters. The van der Waals surface area contributed by atoms with Gasteiger partial charge in [0.2, 0.25) is 0 Å². The normalized spacial score (nSPS) is 14.1. The lowest BCUT2D eigenvalue weighted by atomic mass is 10.1. The molecule has 1 rings (SSSR count). The second-order valence-electron chi connectivity index (χ2n) is 3.30. The minimum absolute atomic E-state index is 0.163. The summed E-state index contributed by atoms with van der Waals surface area (Å²) in [6, 6.07) is 0. The van der Waals surface area contributed by atoms with Crippen molar-refractivity contribution in [2.45, 2.75) is 24.5 Å². The molecule has 1 aromatic heterocycles. The lowest BCUT2D eigenvalue weighted by molar-refractivity contribution is 0.529. The van der Waals surface area contributed by atoms with Gasteiger partial charge in [0.1, 0.15) is 0 Å². The van der Waals surface area contributed by atoms with Gasteiger partial charge in [-0.05, 0) is 5.92 Å². The molecule has 1 atom stereocenters. The lowest BCUT2D eigenvalue weighted by Crippen LogP contribution is -2.27. The van der Waals surface area contributed by atoms with Gasteiger partial charge in [0, 0.05) is 6.54 Å². The molecule has 86 valence electrons. The van der Waals surface area contributed by atoms with Gasteiger partial charge in [0.15, 0.2) is 8.68 Å². The Balaban J connectivity index is 2.68. The number of rotatable bonds is 5. The van der Waals surface area contributed by atoms with Crippen molar-refractivity contribution in [3.63, 3.8) is 0 Å². The molecule has 0 radical (unpaired) electrons. The predicted octanol–water partition coefficient (Wildman–Crippen LogP) is 2.12. The summed E-state index contributed by atoms with van der Waals surface area (Å²) in [5.41, 5.74) is 0. The van der Waals surface area contributed by atoms with Crippen LogP contribution < -0.4 is 4.72 Å². The summed E-state index contributed by atoms with van der Waals surface area (Å²) < 4.78 is 26.3. The maximum Gasteiger partial charge on any atom is 0.251 e. The van der Waals surface area contributed by atoms with Gasteiger partial charge >= 0.3 is 0 Å². The SMILES string of the molecule is CCC(C)CNS(=O)(=O)c1cnc(Cl)s1. The zero-order valence-electron chi connectivity index (χ0n) is 8.53. The number of nitrogens with zero attached hydrogens (tertiary/aromatic N) is 1. The average molecular weight is 269 g/mol. The minimum atomic E-state index is -3.42. The van der Waals surface area contributed by atoms with Crippen LogP contribution in [0, 0.1) is 5.92 Å². The highest BCUT2D eigenvalue weighted by molar-refractivity contribution is 7.91. The Morgan fingerprint density at radius 2 is 2.33 bits per heavy atom. The van der Waals surface area contributed by atoms with E-state index in [9.17, 15) is 8.42 Å². The van der Waals surface area contributed by atoms with E-state index in [4.69, 9.17) is 11.6 Å². The summed E-state index contributed by atoms with van der Waals surface area (Å²) in [6.07, 6.45) is 2.21. The molecule has 1 heterocycles. The van der Waals surface area contributed by atoms with Crippen LogP contribution in [0.4, 0.5) is 0 Å². The Morgan fingerprint density at radius 3 is 2.80 bits per heavy atom. The molecule has 0 aliphatic rings. The van der Waals surface area contributed by atoms with Crippen molar-refractivity contribution in [1.82, 2.24) is 9.71 Å². The van der Waals surface area contributed by atoms with Crippen molar-refractivity contribution < 1.29 is 8.42 Å². The summed E-state index contributed by atoms with van der Waals surface area (Å²) in [7, 11) is -3.42. The van der Waals surface area contributed by atoms with Crippen molar-refractivity contribution in [3.8, 4) is 0 Å². The third kappa shape index (κ3) is 3.71. The molecular formula is C8H13ClN2O2S2. The Hall–Kier alpha value is -0.170. The van der Waals surface area contributed by atoms with Gasteiger partial charge < -0.3 is 0 Å². The smallest absolute Gasteiger partial charge is 0.232 e. The lowest BCUT2D eigenvalue weighted by Gasteiger charge is -2.08. The molecule has 0 saturated heterocycles. The van der Waals surface area contributed by atoms with E-state index >= 15 is 0 Å². The number of nitrogens with one attached hydrogen (secondary N) is 1. The predicted molar refractivity (Wildman–Crippen MR) is 61.8 cm³/mol. The van der Waals surface area contributed by atoms with Gasteiger partial charge in [0.05, 0.1) is 6.20 Å². The van der Waals surface area contributed by atoms with Crippen LogP contribution in [-0.2, 0) is 10.0 Å². The summed E-state index contributed by atoms with van der Waals surface area (Å²) in [5.74, 6) is 0.322. The molecule has 1 aromatic rings. The van der Waals surface area contributed by atoms with Crippen molar-refractivity contribution in [2.24, 2.45) is 5.92 Å². The van der Waals surface area contributed by atoms with E-state index in [2.05, 4.69) is 9.71 Å². The maximum absolute atomic E-state index is 11.7. The van der Waals surface area contributed by atoms with E-state index < -0.39 is 10.0 Å². The molecule has 0 aliphatic heterocycles. The molecule has 7 heteroatoms. The van der Waals surface area contributed by atoms with Gasteiger partial charge in [-0.3, -0.25) is 0 Å². The molecule has 15 heavy (non-hydrogen) atoms. The maximum atomic E-state index is 11.7. The zero-order valence-corrected chi connectivity index (χ0v) is 10.9. The second kappa shape index (κ2) is 5.25. The van der Waals surface area contributed by atoms with Crippen LogP contribution in [0.1, 0.15) is 20.3 Å². The standard InChI is InChI=1S/C8H13ClN2O2S2/c1-3-6(2)4-11-15(12,13)7-5-10-8(9)14-7/h5-6,11H,3-4H2,1-2H3. The van der Waals surface area contributed by atoms with Crippen molar-refractivity contribution in [1.29, 1.82) is 0 Å². The first-order valence-electron chi connectivity index (χ1n) is 4.56. The van der Waals surface area contributed by atoms with Crippen molar-refractivity contribution in [2.75, 3.05) is 6.54 Å². The van der Waals surface area contributed by atoms with E-state index in [1.807, 2.05) is 13.8 Å². The van der Waals surface area contributed by atoms with Crippen LogP contribution >= 0.6 is 22.9 Å². The van der Waals surface area contributed by atoms with E-state index in [0.29, 0.717) is 12.5 Å². The zero-order chi connectivity index (χ0) is 11.5. The first-order chi connectivity index (χ1) is 6.95. The van der Waals surface area contributed by atoms with E-state index in [1.165, 1.54) is 6.20 Å². The summed E-state index contributed by atoms with van der Waals surface area (Å²) in [6.45, 7) is 4.44. The Morgan fingerprint density at radius 1 is 1.67 bits per heavy atom. The molecule has 0 amide bonds. The quantitative estimate of drug-likeness (QED) is 0.890. The second-order valence-corrected chi connectivity index (χ2v) is 6.90. The Bertz CT molecular complexity index is 416. The number of halogens is 1. The van der Waals surface area contributed by atoms with Crippen LogP contribution in [0.25, 0.3) is 0 Å². The molecule has 0 fully saturated rings. The topological polar surface area (TPSA) is 59.1 Å². The van der Waals surface area contributed by atoms with E-state index in [-0.39, 0.29) is 8.68 Å². The Labute approximate surface area is 98.7 Å². The first kappa shape index (κ1) is 12.9. The fraction of sp³-hybridized carbons (Fsp3) is 0.625. The van der Waals surface area contributed by atoms with Crippen LogP contribution in [0.15, 0.2) is 10.4 Å². The number of sulfonamides is 1. The fourth-order valence-electron chi connectivity index (χ4n) is 0.831. The molecular weight excluding hydrogens is 256 g/mol. The van der Waals surface area contributed by atoms with Gasteiger partial charge in [-0.15, -0.1) is 0 Å². The van der Waals surface area contributed by atoms with Crippen LogP contribution in [0.5, 0.6) is 0 Å². The van der Waals surface area contributed by atoms with Crippen LogP contribution in [0.3, 0.4) is 0 Å². The molecule has 1 N–H and O–H groups in total. The molecule has 0 spiro atoms.